The zero-order valence-electron chi connectivity index (χ0n) is 4.74. The van der Waals surface area contributed by atoms with E-state index in [-0.39, 0.29) is 6.10 Å². The molecule has 0 N–H and O–H groups in total. The minimum absolute atomic E-state index is 0.0135. The van der Waals surface area contributed by atoms with Gasteiger partial charge in [0.05, 0.1) is 12.7 Å². The number of alkyl halides is 3. The van der Waals surface area contributed by atoms with E-state index in [1.807, 2.05) is 0 Å². The second-order valence-electron chi connectivity index (χ2n) is 2.01. The SMILES string of the molecule is ClCCOC1CC1(Cl)Cl. The van der Waals surface area contributed by atoms with Crippen molar-refractivity contribution in [1.82, 2.24) is 0 Å². The maximum atomic E-state index is 5.64. The Balaban J connectivity index is 2.06. The third-order valence-corrected chi connectivity index (χ3v) is 2.11. The van der Waals surface area contributed by atoms with Crippen molar-refractivity contribution in [2.75, 3.05) is 12.5 Å². The Morgan fingerprint density at radius 3 is 2.44 bits per heavy atom. The monoisotopic (exact) mass is 188 g/mol. The van der Waals surface area contributed by atoms with E-state index in [1.54, 1.807) is 0 Å². The smallest absolute Gasteiger partial charge is 0.146 e. The fraction of sp³-hybridized carbons (Fsp3) is 1.00. The molecule has 1 atom stereocenters. The molecule has 0 aromatic carbocycles. The van der Waals surface area contributed by atoms with Gasteiger partial charge in [0.1, 0.15) is 4.33 Å². The molecule has 0 bridgehead atoms. The van der Waals surface area contributed by atoms with Crippen LogP contribution in [0.5, 0.6) is 0 Å². The van der Waals surface area contributed by atoms with E-state index in [9.17, 15) is 0 Å². The molecule has 0 aliphatic heterocycles. The van der Waals surface area contributed by atoms with Crippen molar-refractivity contribution in [3.8, 4) is 0 Å². The van der Waals surface area contributed by atoms with Crippen molar-refractivity contribution < 1.29 is 4.74 Å². The van der Waals surface area contributed by atoms with E-state index in [0.29, 0.717) is 12.5 Å². The zero-order valence-corrected chi connectivity index (χ0v) is 7.01. The average Bonchev–Trinajstić information content (AvgIpc) is 2.35. The maximum absolute atomic E-state index is 5.64. The predicted octanol–water partition coefficient (Wildman–Crippen LogP) is 2.19. The molecule has 1 rings (SSSR count). The zero-order chi connectivity index (χ0) is 6.91. The molecule has 4 heteroatoms. The van der Waals surface area contributed by atoms with Gasteiger partial charge in [-0.2, -0.15) is 0 Å². The first-order valence-electron chi connectivity index (χ1n) is 2.72. The van der Waals surface area contributed by atoms with E-state index in [4.69, 9.17) is 39.5 Å². The summed E-state index contributed by atoms with van der Waals surface area (Å²) < 4.78 is 4.50. The molecular weight excluding hydrogens is 182 g/mol. The quantitative estimate of drug-likeness (QED) is 0.619. The van der Waals surface area contributed by atoms with Gasteiger partial charge < -0.3 is 4.74 Å². The summed E-state index contributed by atoms with van der Waals surface area (Å²) in [6.45, 7) is 0.535. The van der Waals surface area contributed by atoms with Crippen LogP contribution < -0.4 is 0 Å². The van der Waals surface area contributed by atoms with Crippen LogP contribution in [0.2, 0.25) is 0 Å². The van der Waals surface area contributed by atoms with E-state index in [2.05, 4.69) is 0 Å². The van der Waals surface area contributed by atoms with E-state index in [1.165, 1.54) is 0 Å². The number of hydrogen-bond acceptors (Lipinski definition) is 1. The van der Waals surface area contributed by atoms with Gasteiger partial charge in [0.15, 0.2) is 0 Å². The third kappa shape index (κ3) is 2.15. The lowest BCUT2D eigenvalue weighted by Crippen LogP contribution is -2.03. The van der Waals surface area contributed by atoms with Gasteiger partial charge in [-0.25, -0.2) is 0 Å². The lowest BCUT2D eigenvalue weighted by molar-refractivity contribution is 0.132. The maximum Gasteiger partial charge on any atom is 0.146 e. The molecule has 0 radical (unpaired) electrons. The molecule has 0 aromatic heterocycles. The normalized spacial score (nSPS) is 30.3. The molecule has 1 nitrogen and oxygen atoms in total. The average molecular weight is 189 g/mol. The second-order valence-corrected chi connectivity index (χ2v) is 3.93. The van der Waals surface area contributed by atoms with Crippen molar-refractivity contribution in [3.63, 3.8) is 0 Å². The van der Waals surface area contributed by atoms with Gasteiger partial charge in [0, 0.05) is 12.3 Å². The standard InChI is InChI=1S/C5H7Cl3O/c6-1-2-9-4-3-5(4,7)8/h4H,1-3H2. The minimum atomic E-state index is -0.619. The Bertz CT molecular complexity index is 104. The summed E-state index contributed by atoms with van der Waals surface area (Å²) in [6.07, 6.45) is 0.743. The first-order valence-corrected chi connectivity index (χ1v) is 4.01. The molecule has 0 spiro atoms. The van der Waals surface area contributed by atoms with Crippen molar-refractivity contribution in [1.29, 1.82) is 0 Å². The highest BCUT2D eigenvalue weighted by atomic mass is 35.5. The molecule has 1 saturated carbocycles. The van der Waals surface area contributed by atoms with Crippen LogP contribution in [0.15, 0.2) is 0 Å². The van der Waals surface area contributed by atoms with Crippen LogP contribution in [0.3, 0.4) is 0 Å². The first-order chi connectivity index (χ1) is 4.17. The van der Waals surface area contributed by atoms with Crippen LogP contribution in [-0.4, -0.2) is 22.9 Å². The fourth-order valence-corrected chi connectivity index (χ4v) is 1.05. The third-order valence-electron chi connectivity index (χ3n) is 1.16. The summed E-state index contributed by atoms with van der Waals surface area (Å²) >= 11 is 16.6. The van der Waals surface area contributed by atoms with Crippen LogP contribution in [0, 0.1) is 0 Å². The van der Waals surface area contributed by atoms with Crippen LogP contribution >= 0.6 is 34.8 Å². The highest BCUT2D eigenvalue weighted by Crippen LogP contribution is 2.48. The number of halogens is 3. The fourth-order valence-electron chi connectivity index (χ4n) is 0.556. The van der Waals surface area contributed by atoms with E-state index in [0.717, 1.165) is 6.42 Å². The van der Waals surface area contributed by atoms with Crippen LogP contribution in [0.25, 0.3) is 0 Å². The summed E-state index contributed by atoms with van der Waals surface area (Å²) in [5, 5.41) is 0. The molecule has 9 heavy (non-hydrogen) atoms. The van der Waals surface area contributed by atoms with Gasteiger partial charge in [-0.05, 0) is 0 Å². The minimum Gasteiger partial charge on any atom is -0.374 e. The lowest BCUT2D eigenvalue weighted by Gasteiger charge is -1.98. The van der Waals surface area contributed by atoms with Gasteiger partial charge in [0.25, 0.3) is 0 Å². The number of ether oxygens (including phenoxy) is 1. The van der Waals surface area contributed by atoms with Crippen molar-refractivity contribution in [2.45, 2.75) is 16.9 Å². The van der Waals surface area contributed by atoms with E-state index >= 15 is 0 Å². The summed E-state index contributed by atoms with van der Waals surface area (Å²) in [6, 6.07) is 0. The Hall–Kier alpha value is 0.830. The molecular formula is C5H7Cl3O. The van der Waals surface area contributed by atoms with Crippen molar-refractivity contribution in [3.05, 3.63) is 0 Å². The van der Waals surface area contributed by atoms with Gasteiger partial charge >= 0.3 is 0 Å². The highest BCUT2D eigenvalue weighted by molar-refractivity contribution is 6.51. The second kappa shape index (κ2) is 2.83. The summed E-state index contributed by atoms with van der Waals surface area (Å²) in [5.74, 6) is 0.500. The summed E-state index contributed by atoms with van der Waals surface area (Å²) in [5.41, 5.74) is 0. The number of hydrogen-bond donors (Lipinski definition) is 0. The Morgan fingerprint density at radius 2 is 2.11 bits per heavy atom. The van der Waals surface area contributed by atoms with Crippen LogP contribution in [0.1, 0.15) is 6.42 Å². The molecule has 0 saturated heterocycles. The largest absolute Gasteiger partial charge is 0.374 e. The molecule has 0 aromatic rings. The molecule has 1 fully saturated rings. The van der Waals surface area contributed by atoms with Crippen molar-refractivity contribution >= 4 is 34.8 Å². The van der Waals surface area contributed by atoms with Crippen molar-refractivity contribution in [2.24, 2.45) is 0 Å². The molecule has 1 aliphatic carbocycles. The number of rotatable bonds is 3. The Morgan fingerprint density at radius 1 is 1.56 bits per heavy atom. The Labute approximate surface area is 69.2 Å². The van der Waals surface area contributed by atoms with Gasteiger partial charge in [-0.3, -0.25) is 0 Å². The van der Waals surface area contributed by atoms with Gasteiger partial charge in [-0.15, -0.1) is 11.6 Å². The lowest BCUT2D eigenvalue weighted by atomic mass is 10.8. The molecule has 1 aliphatic rings. The predicted molar refractivity (Wildman–Crippen MR) is 39.5 cm³/mol. The summed E-state index contributed by atoms with van der Waals surface area (Å²) in [4.78, 5) is 0. The van der Waals surface area contributed by atoms with Crippen LogP contribution in [-0.2, 0) is 4.74 Å². The molecule has 54 valence electrons. The van der Waals surface area contributed by atoms with Gasteiger partial charge in [0.2, 0.25) is 0 Å². The van der Waals surface area contributed by atoms with Gasteiger partial charge in [-0.1, -0.05) is 23.2 Å². The highest BCUT2D eigenvalue weighted by Gasteiger charge is 2.52. The summed E-state index contributed by atoms with van der Waals surface area (Å²) in [7, 11) is 0. The molecule has 0 heterocycles. The Kier molecular flexibility index (Phi) is 2.49. The molecule has 0 amide bonds. The van der Waals surface area contributed by atoms with E-state index < -0.39 is 4.33 Å². The molecule has 1 unspecified atom stereocenters. The topological polar surface area (TPSA) is 9.23 Å². The van der Waals surface area contributed by atoms with Crippen LogP contribution in [0.4, 0.5) is 0 Å². The first kappa shape index (κ1) is 7.93.